The molecular formula is C14H12N2O. The van der Waals surface area contributed by atoms with E-state index >= 15 is 0 Å². The number of aromatic nitrogens is 2. The molecule has 0 atom stereocenters. The monoisotopic (exact) mass is 224 g/mol. The van der Waals surface area contributed by atoms with Crippen LogP contribution in [0.4, 0.5) is 0 Å². The Morgan fingerprint density at radius 3 is 2.47 bits per heavy atom. The molecule has 0 spiro atoms. The highest BCUT2D eigenvalue weighted by molar-refractivity contribution is 6.07. The third-order valence-electron chi connectivity index (χ3n) is 2.95. The fourth-order valence-electron chi connectivity index (χ4n) is 2.24. The zero-order valence-electron chi connectivity index (χ0n) is 9.73. The van der Waals surface area contributed by atoms with E-state index in [4.69, 9.17) is 0 Å². The summed E-state index contributed by atoms with van der Waals surface area (Å²) in [5.74, 6) is 1.09. The molecule has 3 heteroatoms. The van der Waals surface area contributed by atoms with Crippen molar-refractivity contribution in [3.63, 3.8) is 0 Å². The van der Waals surface area contributed by atoms with Crippen LogP contribution in [-0.2, 0) is 0 Å². The predicted octanol–water partition coefficient (Wildman–Crippen LogP) is 2.50. The summed E-state index contributed by atoms with van der Waals surface area (Å²) in [6.45, 7) is 3.58. The van der Waals surface area contributed by atoms with Crippen molar-refractivity contribution in [1.29, 1.82) is 0 Å². The number of aliphatic hydroxyl groups excluding tert-OH is 1. The second-order valence-electron chi connectivity index (χ2n) is 4.19. The molecule has 17 heavy (non-hydrogen) atoms. The minimum Gasteiger partial charge on any atom is -0.512 e. The SMILES string of the molecule is C/C(O)=c1/ccc2nc(C)nc3cccc1c32. The quantitative estimate of drug-likeness (QED) is 0.638. The van der Waals surface area contributed by atoms with E-state index in [1.165, 1.54) is 0 Å². The molecule has 0 aliphatic carbocycles. The number of hydrogen-bond acceptors (Lipinski definition) is 3. The maximum Gasteiger partial charge on any atom is 0.126 e. The molecule has 0 unspecified atom stereocenters. The van der Waals surface area contributed by atoms with Gasteiger partial charge in [-0.2, -0.15) is 0 Å². The molecule has 2 aromatic carbocycles. The fourth-order valence-corrected chi connectivity index (χ4v) is 2.24. The van der Waals surface area contributed by atoms with Gasteiger partial charge in [0.15, 0.2) is 0 Å². The smallest absolute Gasteiger partial charge is 0.126 e. The van der Waals surface area contributed by atoms with Crippen molar-refractivity contribution < 1.29 is 5.11 Å². The number of aliphatic hydroxyl groups is 1. The Labute approximate surface area is 98.4 Å². The van der Waals surface area contributed by atoms with Crippen LogP contribution in [0.25, 0.3) is 27.6 Å². The Hall–Kier alpha value is -2.16. The van der Waals surface area contributed by atoms with Gasteiger partial charge in [-0.25, -0.2) is 9.97 Å². The summed E-state index contributed by atoms with van der Waals surface area (Å²) in [6, 6.07) is 9.75. The minimum atomic E-state index is 0.319. The lowest BCUT2D eigenvalue weighted by Gasteiger charge is -2.06. The maximum absolute atomic E-state index is 9.70. The van der Waals surface area contributed by atoms with Gasteiger partial charge < -0.3 is 5.11 Å². The Balaban J connectivity index is 2.69. The maximum atomic E-state index is 9.70. The molecule has 84 valence electrons. The predicted molar refractivity (Wildman–Crippen MR) is 68.7 cm³/mol. The van der Waals surface area contributed by atoms with Gasteiger partial charge in [-0.05, 0) is 37.4 Å². The third kappa shape index (κ3) is 1.43. The van der Waals surface area contributed by atoms with Crippen LogP contribution in [0, 0.1) is 6.92 Å². The molecule has 3 nitrogen and oxygen atoms in total. The lowest BCUT2D eigenvalue weighted by atomic mass is 10.0. The van der Waals surface area contributed by atoms with Gasteiger partial charge in [0.2, 0.25) is 0 Å². The summed E-state index contributed by atoms with van der Waals surface area (Å²) >= 11 is 0. The number of benzene rings is 2. The molecule has 0 bridgehead atoms. The zero-order valence-corrected chi connectivity index (χ0v) is 9.73. The second-order valence-corrected chi connectivity index (χ2v) is 4.19. The fraction of sp³-hybridized carbons (Fsp3) is 0.143. The van der Waals surface area contributed by atoms with Crippen LogP contribution in [0.2, 0.25) is 0 Å². The molecule has 0 aliphatic heterocycles. The van der Waals surface area contributed by atoms with Crippen molar-refractivity contribution in [2.45, 2.75) is 13.8 Å². The summed E-state index contributed by atoms with van der Waals surface area (Å²) in [5.41, 5.74) is 1.85. The normalized spacial score (nSPS) is 13.3. The van der Waals surface area contributed by atoms with Gasteiger partial charge in [-0.3, -0.25) is 0 Å². The zero-order chi connectivity index (χ0) is 12.0. The number of aryl methyl sites for hydroxylation is 1. The third-order valence-corrected chi connectivity index (χ3v) is 2.95. The molecule has 1 heterocycles. The first-order valence-electron chi connectivity index (χ1n) is 5.52. The van der Waals surface area contributed by atoms with Crippen LogP contribution in [-0.4, -0.2) is 15.1 Å². The average molecular weight is 224 g/mol. The van der Waals surface area contributed by atoms with Crippen LogP contribution >= 0.6 is 0 Å². The van der Waals surface area contributed by atoms with E-state index in [2.05, 4.69) is 9.97 Å². The molecule has 3 rings (SSSR count). The highest BCUT2D eigenvalue weighted by atomic mass is 16.3. The van der Waals surface area contributed by atoms with Gasteiger partial charge in [0.25, 0.3) is 0 Å². The first-order valence-corrected chi connectivity index (χ1v) is 5.52. The molecule has 0 amide bonds. The number of rotatable bonds is 0. The first kappa shape index (κ1) is 10.0. The number of nitrogens with zero attached hydrogens (tertiary/aromatic N) is 2. The van der Waals surface area contributed by atoms with Crippen molar-refractivity contribution >= 4 is 27.6 Å². The van der Waals surface area contributed by atoms with E-state index in [0.29, 0.717) is 5.76 Å². The highest BCUT2D eigenvalue weighted by Crippen LogP contribution is 2.21. The van der Waals surface area contributed by atoms with Crippen LogP contribution in [0.5, 0.6) is 0 Å². The summed E-state index contributed by atoms with van der Waals surface area (Å²) in [5, 5.41) is 12.6. The standard InChI is InChI=1S/C14H12N2O/c1-8(17)10-6-7-13-14-11(10)4-3-5-12(14)15-9(2)16-13/h3-7,17H,1-2H3/b10-8+. The molecular weight excluding hydrogens is 212 g/mol. The van der Waals surface area contributed by atoms with E-state index in [9.17, 15) is 5.11 Å². The molecule has 1 N–H and O–H groups in total. The van der Waals surface area contributed by atoms with Gasteiger partial charge >= 0.3 is 0 Å². The topological polar surface area (TPSA) is 46.0 Å². The lowest BCUT2D eigenvalue weighted by Crippen LogP contribution is -2.07. The summed E-state index contributed by atoms with van der Waals surface area (Å²) < 4.78 is 0. The van der Waals surface area contributed by atoms with Gasteiger partial charge in [0.05, 0.1) is 16.8 Å². The lowest BCUT2D eigenvalue weighted by molar-refractivity contribution is 0.499. The van der Waals surface area contributed by atoms with Crippen molar-refractivity contribution in [1.82, 2.24) is 9.97 Å². The molecule has 0 fully saturated rings. The van der Waals surface area contributed by atoms with Crippen LogP contribution < -0.4 is 5.22 Å². The Morgan fingerprint density at radius 1 is 1.06 bits per heavy atom. The second kappa shape index (κ2) is 3.42. The first-order chi connectivity index (χ1) is 8.16. The van der Waals surface area contributed by atoms with Crippen molar-refractivity contribution in [2.24, 2.45) is 0 Å². The molecule has 0 aliphatic rings. The molecule has 0 radical (unpaired) electrons. The van der Waals surface area contributed by atoms with Gasteiger partial charge in [-0.1, -0.05) is 12.1 Å². The summed E-state index contributed by atoms with van der Waals surface area (Å²) in [4.78, 5) is 8.85. The van der Waals surface area contributed by atoms with Gasteiger partial charge in [0, 0.05) is 10.6 Å². The Kier molecular flexibility index (Phi) is 2.01. The summed E-state index contributed by atoms with van der Waals surface area (Å²) in [7, 11) is 0. The Morgan fingerprint density at radius 2 is 1.76 bits per heavy atom. The van der Waals surface area contributed by atoms with E-state index in [-0.39, 0.29) is 0 Å². The van der Waals surface area contributed by atoms with E-state index < -0.39 is 0 Å². The van der Waals surface area contributed by atoms with Gasteiger partial charge in [0.1, 0.15) is 5.82 Å². The van der Waals surface area contributed by atoms with Crippen molar-refractivity contribution in [3.05, 3.63) is 41.4 Å². The minimum absolute atomic E-state index is 0.319. The van der Waals surface area contributed by atoms with E-state index in [1.807, 2.05) is 37.3 Å². The van der Waals surface area contributed by atoms with Crippen LogP contribution in [0.1, 0.15) is 12.7 Å². The van der Waals surface area contributed by atoms with Crippen LogP contribution in [0.3, 0.4) is 0 Å². The van der Waals surface area contributed by atoms with E-state index in [1.54, 1.807) is 6.92 Å². The molecule has 0 saturated carbocycles. The van der Waals surface area contributed by atoms with Gasteiger partial charge in [-0.15, -0.1) is 0 Å². The molecule has 1 aromatic heterocycles. The average Bonchev–Trinajstić information content (AvgIpc) is 2.28. The molecule has 3 aromatic rings. The highest BCUT2D eigenvalue weighted by Gasteiger charge is 2.06. The van der Waals surface area contributed by atoms with Crippen molar-refractivity contribution in [2.75, 3.05) is 0 Å². The Bertz CT molecular complexity index is 755. The van der Waals surface area contributed by atoms with Crippen molar-refractivity contribution in [3.8, 4) is 0 Å². The molecule has 0 saturated heterocycles. The largest absolute Gasteiger partial charge is 0.512 e. The number of hydrogen-bond donors (Lipinski definition) is 1. The van der Waals surface area contributed by atoms with E-state index in [0.717, 1.165) is 32.8 Å². The van der Waals surface area contributed by atoms with Crippen LogP contribution in [0.15, 0.2) is 30.3 Å². The summed E-state index contributed by atoms with van der Waals surface area (Å²) in [6.07, 6.45) is 0.